The van der Waals surface area contributed by atoms with Gasteiger partial charge in [0.05, 0.1) is 6.61 Å². The molecule has 0 spiro atoms. The van der Waals surface area contributed by atoms with Gasteiger partial charge in [0.15, 0.2) is 0 Å². The van der Waals surface area contributed by atoms with Crippen LogP contribution in [0.25, 0.3) is 0 Å². The van der Waals surface area contributed by atoms with E-state index in [1.165, 1.54) is 67.5 Å². The SMILES string of the molecule is COCCN(Cc1ccc(Cl)cc1OS(=O)(=O)c1ccc(NC(C)=O)cc1)C(=O)c1cccc(F)c1. The van der Waals surface area contributed by atoms with E-state index in [-0.39, 0.29) is 46.8 Å². The molecule has 0 unspecified atom stereocenters. The molecule has 0 saturated carbocycles. The summed E-state index contributed by atoms with van der Waals surface area (Å²) < 4.78 is 50.1. The second-order valence-corrected chi connectivity index (χ2v) is 9.71. The molecule has 0 radical (unpaired) electrons. The summed E-state index contributed by atoms with van der Waals surface area (Å²) in [7, 11) is -2.80. The number of benzene rings is 3. The molecule has 0 aromatic heterocycles. The molecule has 3 aromatic carbocycles. The van der Waals surface area contributed by atoms with Gasteiger partial charge >= 0.3 is 10.1 Å². The zero-order chi connectivity index (χ0) is 26.3. The van der Waals surface area contributed by atoms with Gasteiger partial charge in [-0.15, -0.1) is 0 Å². The smallest absolute Gasteiger partial charge is 0.339 e. The van der Waals surface area contributed by atoms with Crippen molar-refractivity contribution in [1.82, 2.24) is 4.90 Å². The molecule has 0 atom stereocenters. The topological polar surface area (TPSA) is 102 Å². The molecule has 0 saturated heterocycles. The number of nitrogens with zero attached hydrogens (tertiary/aromatic N) is 1. The first-order valence-corrected chi connectivity index (χ1v) is 12.5. The number of nitrogens with one attached hydrogen (secondary N) is 1. The van der Waals surface area contributed by atoms with Crippen LogP contribution in [0.3, 0.4) is 0 Å². The molecule has 3 rings (SSSR count). The highest BCUT2D eigenvalue weighted by Gasteiger charge is 2.22. The van der Waals surface area contributed by atoms with Gasteiger partial charge in [-0.05, 0) is 48.5 Å². The maximum absolute atomic E-state index is 13.7. The lowest BCUT2D eigenvalue weighted by Crippen LogP contribution is -2.33. The van der Waals surface area contributed by atoms with Crippen molar-refractivity contribution in [3.05, 3.63) is 88.7 Å². The number of carbonyl (C=O) groups is 2. The Kier molecular flexibility index (Phi) is 9.03. The summed E-state index contributed by atoms with van der Waals surface area (Å²) in [5.74, 6) is -1.39. The summed E-state index contributed by atoms with van der Waals surface area (Å²) in [6, 6.07) is 15.1. The van der Waals surface area contributed by atoms with Crippen molar-refractivity contribution in [2.75, 3.05) is 25.6 Å². The molecule has 0 aliphatic rings. The van der Waals surface area contributed by atoms with Gasteiger partial charge in [0.2, 0.25) is 5.91 Å². The molecule has 1 N–H and O–H groups in total. The zero-order valence-corrected chi connectivity index (χ0v) is 21.1. The van der Waals surface area contributed by atoms with Crippen LogP contribution in [0.2, 0.25) is 5.02 Å². The van der Waals surface area contributed by atoms with Crippen molar-refractivity contribution in [3.63, 3.8) is 0 Å². The number of ether oxygens (including phenoxy) is 1. The minimum atomic E-state index is -4.28. The average molecular weight is 535 g/mol. The number of amides is 2. The predicted octanol–water partition coefficient (Wildman–Crippen LogP) is 4.49. The van der Waals surface area contributed by atoms with Gasteiger partial charge in [-0.1, -0.05) is 23.7 Å². The van der Waals surface area contributed by atoms with E-state index in [4.69, 9.17) is 20.5 Å². The molecule has 0 aliphatic carbocycles. The van der Waals surface area contributed by atoms with Crippen molar-refractivity contribution in [1.29, 1.82) is 0 Å². The third-order valence-corrected chi connectivity index (χ3v) is 6.46. The summed E-state index contributed by atoms with van der Waals surface area (Å²) in [4.78, 5) is 25.5. The summed E-state index contributed by atoms with van der Waals surface area (Å²) in [5, 5.41) is 2.78. The first-order valence-electron chi connectivity index (χ1n) is 10.7. The predicted molar refractivity (Wildman–Crippen MR) is 133 cm³/mol. The molecule has 11 heteroatoms. The van der Waals surface area contributed by atoms with Crippen LogP contribution >= 0.6 is 11.6 Å². The van der Waals surface area contributed by atoms with Crippen LogP contribution in [0.5, 0.6) is 5.75 Å². The Hall–Kier alpha value is -3.47. The highest BCUT2D eigenvalue weighted by atomic mass is 35.5. The summed E-state index contributed by atoms with van der Waals surface area (Å²) in [6.07, 6.45) is 0. The quantitative estimate of drug-likeness (QED) is 0.384. The lowest BCUT2D eigenvalue weighted by atomic mass is 10.1. The van der Waals surface area contributed by atoms with Gasteiger partial charge < -0.3 is 19.1 Å². The van der Waals surface area contributed by atoms with Crippen LogP contribution < -0.4 is 9.50 Å². The Bertz CT molecular complexity index is 1350. The normalized spacial score (nSPS) is 11.1. The van der Waals surface area contributed by atoms with E-state index in [0.717, 1.165) is 6.07 Å². The van der Waals surface area contributed by atoms with E-state index in [2.05, 4.69) is 5.32 Å². The second-order valence-electron chi connectivity index (χ2n) is 7.72. The van der Waals surface area contributed by atoms with E-state index in [1.807, 2.05) is 0 Å². The van der Waals surface area contributed by atoms with Gasteiger partial charge in [-0.3, -0.25) is 9.59 Å². The van der Waals surface area contributed by atoms with Crippen LogP contribution in [0.15, 0.2) is 71.6 Å². The summed E-state index contributed by atoms with van der Waals surface area (Å²) in [5.41, 5.74) is 0.919. The lowest BCUT2D eigenvalue weighted by molar-refractivity contribution is -0.114. The Balaban J connectivity index is 1.89. The number of hydrogen-bond donors (Lipinski definition) is 1. The van der Waals surface area contributed by atoms with E-state index in [0.29, 0.717) is 11.3 Å². The third-order valence-electron chi connectivity index (χ3n) is 4.98. The molecule has 0 fully saturated rings. The molecular formula is C25H24ClFN2O6S. The largest absolute Gasteiger partial charge is 0.383 e. The molecule has 36 heavy (non-hydrogen) atoms. The Labute approximate surface area is 213 Å². The van der Waals surface area contributed by atoms with Gasteiger partial charge in [-0.2, -0.15) is 8.42 Å². The Morgan fingerprint density at radius 2 is 1.78 bits per heavy atom. The van der Waals surface area contributed by atoms with Crippen LogP contribution in [0.1, 0.15) is 22.8 Å². The number of anilines is 1. The molecule has 8 nitrogen and oxygen atoms in total. The molecule has 2 amide bonds. The zero-order valence-electron chi connectivity index (χ0n) is 19.5. The summed E-state index contributed by atoms with van der Waals surface area (Å²) >= 11 is 6.10. The number of hydrogen-bond acceptors (Lipinski definition) is 6. The molecule has 190 valence electrons. The lowest BCUT2D eigenvalue weighted by Gasteiger charge is -2.24. The minimum Gasteiger partial charge on any atom is -0.383 e. The highest BCUT2D eigenvalue weighted by Crippen LogP contribution is 2.29. The molecule has 0 bridgehead atoms. The Morgan fingerprint density at radius 3 is 2.42 bits per heavy atom. The molecule has 3 aromatic rings. The number of carbonyl (C=O) groups excluding carboxylic acids is 2. The second kappa shape index (κ2) is 12.0. The summed E-state index contributed by atoms with van der Waals surface area (Å²) in [6.45, 7) is 1.64. The van der Waals surface area contributed by atoms with Gasteiger partial charge in [-0.25, -0.2) is 4.39 Å². The molecule has 0 heterocycles. The fourth-order valence-electron chi connectivity index (χ4n) is 3.27. The van der Waals surface area contributed by atoms with Crippen molar-refractivity contribution < 1.29 is 31.3 Å². The van der Waals surface area contributed by atoms with Crippen LogP contribution in [-0.2, 0) is 26.2 Å². The number of rotatable bonds is 10. The molecule has 0 aliphatic heterocycles. The van der Waals surface area contributed by atoms with Crippen LogP contribution in [0, 0.1) is 5.82 Å². The fourth-order valence-corrected chi connectivity index (χ4v) is 4.39. The standard InChI is InChI=1S/C25H24ClFN2O6S/c1-17(30)28-22-8-10-23(11-9-22)36(32,33)35-24-15-20(26)7-6-19(24)16-29(12-13-34-2)25(31)18-4-3-5-21(27)14-18/h3-11,14-15H,12-13,16H2,1-2H3,(H,28,30). The van der Waals surface area contributed by atoms with Gasteiger partial charge in [0, 0.05) is 55.0 Å². The monoisotopic (exact) mass is 534 g/mol. The van der Waals surface area contributed by atoms with Crippen molar-refractivity contribution in [2.45, 2.75) is 18.4 Å². The van der Waals surface area contributed by atoms with Crippen molar-refractivity contribution >= 4 is 39.2 Å². The van der Waals surface area contributed by atoms with E-state index < -0.39 is 21.8 Å². The average Bonchev–Trinajstić information content (AvgIpc) is 2.82. The van der Waals surface area contributed by atoms with Crippen molar-refractivity contribution in [2.24, 2.45) is 0 Å². The van der Waals surface area contributed by atoms with Gasteiger partial charge in [0.1, 0.15) is 16.5 Å². The first-order chi connectivity index (χ1) is 17.1. The number of methoxy groups -OCH3 is 1. The maximum atomic E-state index is 13.7. The minimum absolute atomic E-state index is 0.0534. The fraction of sp³-hybridized carbons (Fsp3) is 0.200. The first kappa shape index (κ1) is 27.1. The molecular weight excluding hydrogens is 511 g/mol. The van der Waals surface area contributed by atoms with Gasteiger partial charge in [0.25, 0.3) is 5.91 Å². The van der Waals surface area contributed by atoms with E-state index in [1.54, 1.807) is 12.1 Å². The van der Waals surface area contributed by atoms with E-state index >= 15 is 0 Å². The number of halogens is 2. The Morgan fingerprint density at radius 1 is 1.06 bits per heavy atom. The highest BCUT2D eigenvalue weighted by molar-refractivity contribution is 7.87. The maximum Gasteiger partial charge on any atom is 0.339 e. The van der Waals surface area contributed by atoms with Crippen LogP contribution in [-0.4, -0.2) is 45.4 Å². The van der Waals surface area contributed by atoms with E-state index in [9.17, 15) is 22.4 Å². The van der Waals surface area contributed by atoms with Crippen LogP contribution in [0.4, 0.5) is 10.1 Å². The van der Waals surface area contributed by atoms with Crippen molar-refractivity contribution in [3.8, 4) is 5.75 Å². The third kappa shape index (κ3) is 7.27.